The molecule has 0 amide bonds. The SMILES string of the molecule is O[C@@H](COCc1ccccc1)CN(Cc1cccc(Cl)c1)C[C@@H]1CC(c2ccccc2F)=NO1. The molecular weight excluding hydrogens is 455 g/mol. The molecule has 0 fully saturated rings. The van der Waals surface area contributed by atoms with Crippen molar-refractivity contribution in [3.8, 4) is 0 Å². The number of oxime groups is 1. The summed E-state index contributed by atoms with van der Waals surface area (Å²) in [7, 11) is 0. The van der Waals surface area contributed by atoms with Crippen LogP contribution in [0.25, 0.3) is 0 Å². The van der Waals surface area contributed by atoms with Crippen LogP contribution >= 0.6 is 11.6 Å². The van der Waals surface area contributed by atoms with Gasteiger partial charge in [0.05, 0.1) is 25.0 Å². The van der Waals surface area contributed by atoms with Crippen molar-refractivity contribution in [2.24, 2.45) is 5.16 Å². The van der Waals surface area contributed by atoms with Gasteiger partial charge in [0, 0.05) is 36.6 Å². The Morgan fingerprint density at radius 1 is 1.06 bits per heavy atom. The van der Waals surface area contributed by atoms with Crippen LogP contribution in [0.1, 0.15) is 23.1 Å². The normalized spacial score (nSPS) is 16.4. The molecule has 34 heavy (non-hydrogen) atoms. The third-order valence-electron chi connectivity index (χ3n) is 5.57. The first-order chi connectivity index (χ1) is 16.6. The van der Waals surface area contributed by atoms with Gasteiger partial charge in [-0.25, -0.2) is 4.39 Å². The van der Waals surface area contributed by atoms with Crippen molar-refractivity contribution < 1.29 is 19.1 Å². The second-order valence-corrected chi connectivity index (χ2v) is 8.86. The van der Waals surface area contributed by atoms with Gasteiger partial charge in [-0.05, 0) is 29.3 Å². The molecular formula is C27H28ClFN2O3. The van der Waals surface area contributed by atoms with E-state index >= 15 is 0 Å². The summed E-state index contributed by atoms with van der Waals surface area (Å²) in [6.07, 6.45) is -0.435. The lowest BCUT2D eigenvalue weighted by Gasteiger charge is -2.27. The Bertz CT molecular complexity index is 1100. The highest BCUT2D eigenvalue weighted by Crippen LogP contribution is 2.21. The number of ether oxygens (including phenoxy) is 1. The van der Waals surface area contributed by atoms with Crippen LogP contribution in [0.3, 0.4) is 0 Å². The van der Waals surface area contributed by atoms with Gasteiger partial charge in [-0.2, -0.15) is 0 Å². The molecule has 0 saturated heterocycles. The largest absolute Gasteiger partial charge is 0.390 e. The summed E-state index contributed by atoms with van der Waals surface area (Å²) in [5.74, 6) is -0.313. The maximum Gasteiger partial charge on any atom is 0.145 e. The van der Waals surface area contributed by atoms with Crippen LogP contribution in [-0.2, 0) is 22.7 Å². The van der Waals surface area contributed by atoms with Gasteiger partial charge in [0.2, 0.25) is 0 Å². The van der Waals surface area contributed by atoms with Crippen LogP contribution in [0.5, 0.6) is 0 Å². The van der Waals surface area contributed by atoms with Gasteiger partial charge in [0.25, 0.3) is 0 Å². The van der Waals surface area contributed by atoms with Crippen molar-refractivity contribution in [3.63, 3.8) is 0 Å². The lowest BCUT2D eigenvalue weighted by molar-refractivity contribution is -0.00648. The molecule has 178 valence electrons. The number of hydrogen-bond donors (Lipinski definition) is 1. The second-order valence-electron chi connectivity index (χ2n) is 8.43. The molecule has 7 heteroatoms. The van der Waals surface area contributed by atoms with E-state index in [9.17, 15) is 9.50 Å². The van der Waals surface area contributed by atoms with Crippen molar-refractivity contribution in [3.05, 3.63) is 106 Å². The van der Waals surface area contributed by atoms with E-state index in [0.29, 0.717) is 49.0 Å². The van der Waals surface area contributed by atoms with E-state index in [0.717, 1.165) is 11.1 Å². The van der Waals surface area contributed by atoms with Gasteiger partial charge >= 0.3 is 0 Å². The fourth-order valence-corrected chi connectivity index (χ4v) is 4.22. The molecule has 0 saturated carbocycles. The Kier molecular flexibility index (Phi) is 8.66. The first kappa shape index (κ1) is 24.4. The molecule has 3 aromatic rings. The predicted molar refractivity (Wildman–Crippen MR) is 131 cm³/mol. The first-order valence-corrected chi connectivity index (χ1v) is 11.7. The minimum Gasteiger partial charge on any atom is -0.390 e. The lowest BCUT2D eigenvalue weighted by atomic mass is 10.0. The summed E-state index contributed by atoms with van der Waals surface area (Å²) in [5, 5.41) is 15.4. The van der Waals surface area contributed by atoms with Crippen molar-refractivity contribution in [1.82, 2.24) is 4.90 Å². The van der Waals surface area contributed by atoms with E-state index in [-0.39, 0.29) is 18.5 Å². The number of nitrogens with zero attached hydrogens (tertiary/aromatic N) is 2. The smallest absolute Gasteiger partial charge is 0.145 e. The molecule has 1 aliphatic heterocycles. The summed E-state index contributed by atoms with van der Waals surface area (Å²) in [5.41, 5.74) is 3.14. The van der Waals surface area contributed by atoms with Crippen LogP contribution in [-0.4, -0.2) is 47.6 Å². The van der Waals surface area contributed by atoms with Crippen LogP contribution in [0.2, 0.25) is 5.02 Å². The third-order valence-corrected chi connectivity index (χ3v) is 5.80. The van der Waals surface area contributed by atoms with Crippen molar-refractivity contribution >= 4 is 17.3 Å². The Morgan fingerprint density at radius 2 is 1.82 bits per heavy atom. The minimum atomic E-state index is -0.684. The topological polar surface area (TPSA) is 54.3 Å². The molecule has 0 spiro atoms. The quantitative estimate of drug-likeness (QED) is 0.415. The highest BCUT2D eigenvalue weighted by Gasteiger charge is 2.27. The zero-order valence-electron chi connectivity index (χ0n) is 18.8. The highest BCUT2D eigenvalue weighted by atomic mass is 35.5. The molecule has 5 nitrogen and oxygen atoms in total. The van der Waals surface area contributed by atoms with Crippen LogP contribution in [0, 0.1) is 5.82 Å². The number of rotatable bonds is 11. The summed E-state index contributed by atoms with van der Waals surface area (Å²) in [6.45, 7) is 2.13. The van der Waals surface area contributed by atoms with Crippen LogP contribution < -0.4 is 0 Å². The van der Waals surface area contributed by atoms with E-state index in [1.165, 1.54) is 6.07 Å². The van der Waals surface area contributed by atoms with Gasteiger partial charge in [-0.1, -0.05) is 77.4 Å². The van der Waals surface area contributed by atoms with Crippen LogP contribution in [0.15, 0.2) is 84.0 Å². The standard InChI is InChI=1S/C27H28ClFN2O3/c28-22-10-6-9-21(13-22)15-31(16-23(32)19-33-18-20-7-2-1-3-8-20)17-24-14-27(30-34-24)25-11-4-5-12-26(25)29/h1-13,23-24,32H,14-19H2/t23-,24+/m1/s1. The van der Waals surface area contributed by atoms with Gasteiger partial charge in [-0.3, -0.25) is 4.90 Å². The zero-order valence-corrected chi connectivity index (χ0v) is 19.6. The molecule has 0 bridgehead atoms. The number of benzene rings is 3. The van der Waals surface area contributed by atoms with Crippen molar-refractivity contribution in [2.45, 2.75) is 31.8 Å². The fraction of sp³-hybridized carbons (Fsp3) is 0.296. The Labute approximate surface area is 204 Å². The highest BCUT2D eigenvalue weighted by molar-refractivity contribution is 6.30. The number of halogens is 2. The maximum atomic E-state index is 14.2. The lowest BCUT2D eigenvalue weighted by Crippen LogP contribution is -2.39. The van der Waals surface area contributed by atoms with E-state index in [1.54, 1.807) is 18.2 Å². The number of aliphatic hydroxyl groups excluding tert-OH is 1. The zero-order chi connectivity index (χ0) is 23.8. The molecule has 2 atom stereocenters. The van der Waals surface area contributed by atoms with Crippen LogP contribution in [0.4, 0.5) is 4.39 Å². The molecule has 0 radical (unpaired) electrons. The summed E-state index contributed by atoms with van der Waals surface area (Å²) < 4.78 is 19.9. The van der Waals surface area contributed by atoms with E-state index in [2.05, 4.69) is 10.1 Å². The van der Waals surface area contributed by atoms with E-state index in [4.69, 9.17) is 21.2 Å². The summed E-state index contributed by atoms with van der Waals surface area (Å²) in [4.78, 5) is 7.72. The molecule has 0 unspecified atom stereocenters. The van der Waals surface area contributed by atoms with Gasteiger partial charge < -0.3 is 14.7 Å². The summed E-state index contributed by atoms with van der Waals surface area (Å²) in [6, 6.07) is 24.0. The van der Waals surface area contributed by atoms with Crippen molar-refractivity contribution in [2.75, 3.05) is 19.7 Å². The molecule has 1 N–H and O–H groups in total. The first-order valence-electron chi connectivity index (χ1n) is 11.3. The molecule has 0 aromatic heterocycles. The van der Waals surface area contributed by atoms with Gasteiger partial charge in [0.1, 0.15) is 11.9 Å². The number of aliphatic hydroxyl groups is 1. The number of hydrogen-bond acceptors (Lipinski definition) is 5. The van der Waals surface area contributed by atoms with Gasteiger partial charge in [0.15, 0.2) is 0 Å². The van der Waals surface area contributed by atoms with Gasteiger partial charge in [-0.15, -0.1) is 0 Å². The third kappa shape index (κ3) is 7.11. The van der Waals surface area contributed by atoms with E-state index < -0.39 is 6.10 Å². The maximum absolute atomic E-state index is 14.2. The Hall–Kier alpha value is -2.77. The van der Waals surface area contributed by atoms with E-state index in [1.807, 2.05) is 54.6 Å². The molecule has 3 aromatic carbocycles. The predicted octanol–water partition coefficient (Wildman–Crippen LogP) is 5.05. The fourth-order valence-electron chi connectivity index (χ4n) is 4.00. The molecule has 0 aliphatic carbocycles. The average Bonchev–Trinajstić information content (AvgIpc) is 3.28. The summed E-state index contributed by atoms with van der Waals surface area (Å²) >= 11 is 6.17. The second kappa shape index (κ2) is 12.1. The average molecular weight is 483 g/mol. The monoisotopic (exact) mass is 482 g/mol. The molecule has 1 heterocycles. The Morgan fingerprint density at radius 3 is 2.62 bits per heavy atom. The Balaban J connectivity index is 1.35. The molecule has 1 aliphatic rings. The minimum absolute atomic E-state index is 0.212. The molecule has 4 rings (SSSR count). The van der Waals surface area contributed by atoms with Crippen molar-refractivity contribution in [1.29, 1.82) is 0 Å².